The number of imide groups is 2. The van der Waals surface area contributed by atoms with Gasteiger partial charge in [-0.15, -0.1) is 5.06 Å². The minimum Gasteiger partial charge on any atom is -0.325 e. The first-order valence-electron chi connectivity index (χ1n) is 10.1. The molecule has 170 valence electrons. The first-order chi connectivity index (χ1) is 16.4. The van der Waals surface area contributed by atoms with E-state index in [2.05, 4.69) is 0 Å². The van der Waals surface area contributed by atoms with Crippen LogP contribution >= 0.6 is 0 Å². The second-order valence-corrected chi connectivity index (χ2v) is 7.13. The molecule has 10 nitrogen and oxygen atoms in total. The number of hydrogen-bond donors (Lipinski definition) is 0. The molecule has 0 saturated heterocycles. The van der Waals surface area contributed by atoms with Crippen LogP contribution in [0, 0.1) is 0 Å². The Hall–Kier alpha value is -4.86. The SMILES string of the molecule is O=C(ON1C(=O)C/C=C\C=C/CC1=O)c1cccc(C(=O)ON2C(=O)c3ccccc3C2=O)c1. The lowest BCUT2D eigenvalue weighted by Crippen LogP contribution is -2.38. The van der Waals surface area contributed by atoms with E-state index in [0.717, 1.165) is 6.07 Å². The van der Waals surface area contributed by atoms with E-state index in [9.17, 15) is 28.8 Å². The number of hydroxylamine groups is 4. The standard InChI is InChI=1S/C24H16N2O8/c27-19-12-3-1-2-4-13-20(28)25(19)33-23(31)15-8-7-9-16(14-15)24(32)34-26-21(29)17-10-5-6-11-18(17)22(26)30/h1-11,14H,12-13H2/b3-1-,4-2-. The van der Waals surface area contributed by atoms with Crippen LogP contribution in [0.1, 0.15) is 54.3 Å². The fourth-order valence-electron chi connectivity index (χ4n) is 3.20. The van der Waals surface area contributed by atoms with Crippen molar-refractivity contribution in [3.8, 4) is 0 Å². The Kier molecular flexibility index (Phi) is 6.13. The van der Waals surface area contributed by atoms with Crippen LogP contribution in [0.25, 0.3) is 0 Å². The summed E-state index contributed by atoms with van der Waals surface area (Å²) in [6, 6.07) is 11.0. The Labute approximate surface area is 192 Å². The maximum atomic E-state index is 12.6. The van der Waals surface area contributed by atoms with Gasteiger partial charge in [-0.25, -0.2) is 9.59 Å². The molecule has 2 aliphatic rings. The van der Waals surface area contributed by atoms with Crippen LogP contribution in [0.15, 0.2) is 72.8 Å². The van der Waals surface area contributed by atoms with Crippen molar-refractivity contribution in [3.63, 3.8) is 0 Å². The van der Waals surface area contributed by atoms with Crippen molar-refractivity contribution in [3.05, 3.63) is 95.1 Å². The van der Waals surface area contributed by atoms with Gasteiger partial charge in [-0.3, -0.25) is 19.2 Å². The summed E-state index contributed by atoms with van der Waals surface area (Å²) in [5, 5.41) is 0.728. The van der Waals surface area contributed by atoms with Gasteiger partial charge in [-0.05, 0) is 30.3 Å². The summed E-state index contributed by atoms with van der Waals surface area (Å²) in [5.41, 5.74) is -0.135. The van der Waals surface area contributed by atoms with Crippen LogP contribution in [0.3, 0.4) is 0 Å². The summed E-state index contributed by atoms with van der Waals surface area (Å²) >= 11 is 0. The van der Waals surface area contributed by atoms with Crippen molar-refractivity contribution in [2.45, 2.75) is 12.8 Å². The van der Waals surface area contributed by atoms with E-state index >= 15 is 0 Å². The molecule has 0 spiro atoms. The van der Waals surface area contributed by atoms with Gasteiger partial charge in [0.1, 0.15) is 0 Å². The highest BCUT2D eigenvalue weighted by atomic mass is 16.7. The summed E-state index contributed by atoms with van der Waals surface area (Å²) in [6.45, 7) is 0. The van der Waals surface area contributed by atoms with Gasteiger partial charge in [0.25, 0.3) is 23.6 Å². The number of rotatable bonds is 4. The molecule has 0 N–H and O–H groups in total. The Morgan fingerprint density at radius 3 is 1.62 bits per heavy atom. The molecule has 34 heavy (non-hydrogen) atoms. The molecular formula is C24H16N2O8. The normalized spacial score (nSPS) is 17.4. The molecule has 10 heteroatoms. The van der Waals surface area contributed by atoms with Crippen LogP contribution < -0.4 is 0 Å². The second kappa shape index (κ2) is 9.33. The van der Waals surface area contributed by atoms with E-state index in [1.54, 1.807) is 24.3 Å². The maximum absolute atomic E-state index is 12.6. The molecule has 0 unspecified atom stereocenters. The van der Waals surface area contributed by atoms with Gasteiger partial charge in [0.05, 0.1) is 22.3 Å². The summed E-state index contributed by atoms with van der Waals surface area (Å²) in [5.74, 6) is -5.20. The minimum atomic E-state index is -1.07. The highest BCUT2D eigenvalue weighted by molar-refractivity contribution is 6.21. The van der Waals surface area contributed by atoms with Crippen molar-refractivity contribution < 1.29 is 38.4 Å². The first-order valence-corrected chi connectivity index (χ1v) is 10.1. The number of benzene rings is 2. The third-order valence-electron chi connectivity index (χ3n) is 4.86. The third-order valence-corrected chi connectivity index (χ3v) is 4.86. The number of hydrogen-bond acceptors (Lipinski definition) is 8. The molecule has 2 aromatic rings. The lowest BCUT2D eigenvalue weighted by Gasteiger charge is -2.18. The van der Waals surface area contributed by atoms with E-state index < -0.39 is 35.6 Å². The number of carbonyl (C=O) groups excluding carboxylic acids is 6. The summed E-state index contributed by atoms with van der Waals surface area (Å²) in [4.78, 5) is 84.4. The zero-order chi connectivity index (χ0) is 24.2. The van der Waals surface area contributed by atoms with Crippen LogP contribution in [-0.2, 0) is 19.3 Å². The van der Waals surface area contributed by atoms with Crippen molar-refractivity contribution in [1.82, 2.24) is 10.1 Å². The van der Waals surface area contributed by atoms with Crippen LogP contribution in [0.5, 0.6) is 0 Å². The number of amides is 4. The summed E-state index contributed by atoms with van der Waals surface area (Å²) < 4.78 is 0. The molecule has 4 amide bonds. The van der Waals surface area contributed by atoms with Gasteiger partial charge in [-0.2, -0.15) is 0 Å². The zero-order valence-electron chi connectivity index (χ0n) is 17.5. The number of allylic oxidation sites excluding steroid dienone is 2. The monoisotopic (exact) mass is 460 g/mol. The van der Waals surface area contributed by atoms with Crippen LogP contribution in [0.4, 0.5) is 0 Å². The van der Waals surface area contributed by atoms with Crippen molar-refractivity contribution >= 4 is 35.6 Å². The van der Waals surface area contributed by atoms with Crippen LogP contribution in [0.2, 0.25) is 0 Å². The van der Waals surface area contributed by atoms with Crippen molar-refractivity contribution in [2.24, 2.45) is 0 Å². The number of carbonyl (C=O) groups is 6. The molecule has 0 fully saturated rings. The van der Waals surface area contributed by atoms with Crippen molar-refractivity contribution in [1.29, 1.82) is 0 Å². The maximum Gasteiger partial charge on any atom is 0.363 e. The Morgan fingerprint density at radius 2 is 1.12 bits per heavy atom. The number of fused-ring (bicyclic) bond motifs is 1. The first kappa shape index (κ1) is 22.3. The van der Waals surface area contributed by atoms with Crippen molar-refractivity contribution in [2.75, 3.05) is 0 Å². The Bertz CT molecular complexity index is 1230. The second-order valence-electron chi connectivity index (χ2n) is 7.13. The highest BCUT2D eigenvalue weighted by Gasteiger charge is 2.39. The van der Waals surface area contributed by atoms with E-state index in [-0.39, 0.29) is 35.1 Å². The zero-order valence-corrected chi connectivity index (χ0v) is 17.5. The fourth-order valence-corrected chi connectivity index (χ4v) is 3.20. The van der Waals surface area contributed by atoms with Gasteiger partial charge in [-0.1, -0.05) is 47.6 Å². The van der Waals surface area contributed by atoms with Gasteiger partial charge < -0.3 is 9.68 Å². The molecule has 4 rings (SSSR count). The van der Waals surface area contributed by atoms with E-state index in [1.165, 1.54) is 42.5 Å². The Morgan fingerprint density at radius 1 is 0.647 bits per heavy atom. The van der Waals surface area contributed by atoms with Gasteiger partial charge in [0, 0.05) is 12.8 Å². The van der Waals surface area contributed by atoms with Gasteiger partial charge in [0.2, 0.25) is 0 Å². The van der Waals surface area contributed by atoms with E-state index in [0.29, 0.717) is 10.1 Å². The van der Waals surface area contributed by atoms with Gasteiger partial charge in [0.15, 0.2) is 0 Å². The van der Waals surface area contributed by atoms with E-state index in [4.69, 9.17) is 9.68 Å². The molecule has 0 aromatic heterocycles. The summed E-state index contributed by atoms with van der Waals surface area (Å²) in [7, 11) is 0. The number of nitrogens with zero attached hydrogens (tertiary/aromatic N) is 2. The molecule has 0 aliphatic carbocycles. The predicted octanol–water partition coefficient (Wildman–Crippen LogP) is 2.39. The topological polar surface area (TPSA) is 127 Å². The van der Waals surface area contributed by atoms with E-state index in [1.807, 2.05) is 0 Å². The molecule has 0 bridgehead atoms. The smallest absolute Gasteiger partial charge is 0.325 e. The molecule has 0 atom stereocenters. The highest BCUT2D eigenvalue weighted by Crippen LogP contribution is 2.23. The molecule has 0 radical (unpaired) electrons. The molecule has 2 aliphatic heterocycles. The molecule has 0 saturated carbocycles. The molecule has 2 heterocycles. The lowest BCUT2D eigenvalue weighted by atomic mass is 10.1. The average molecular weight is 460 g/mol. The average Bonchev–Trinajstić information content (AvgIpc) is 3.12. The van der Waals surface area contributed by atoms with Crippen LogP contribution in [-0.4, -0.2) is 45.7 Å². The quantitative estimate of drug-likeness (QED) is 0.637. The largest absolute Gasteiger partial charge is 0.363 e. The van der Waals surface area contributed by atoms with Gasteiger partial charge >= 0.3 is 11.9 Å². The molecule has 2 aromatic carbocycles. The predicted molar refractivity (Wildman–Crippen MR) is 114 cm³/mol. The minimum absolute atomic E-state index is 0.0979. The molecular weight excluding hydrogens is 444 g/mol. The summed E-state index contributed by atoms with van der Waals surface area (Å²) in [6.07, 6.45) is 5.90. The lowest BCUT2D eigenvalue weighted by molar-refractivity contribution is -0.179. The Balaban J connectivity index is 1.48. The third kappa shape index (κ3) is 4.37. The fraction of sp³-hybridized carbons (Fsp3) is 0.0833.